The third-order valence-electron chi connectivity index (χ3n) is 4.47. The zero-order valence-electron chi connectivity index (χ0n) is 12.6. The number of amides is 2. The Morgan fingerprint density at radius 2 is 2.10 bits per heavy atom. The SMILES string of the molecule is CC(=CCl)CN1C(=O)C(C(C)C)NC(=O)C1(C)C1CC1. The van der Waals surface area contributed by atoms with E-state index in [0.29, 0.717) is 6.54 Å². The molecule has 1 aliphatic carbocycles. The molecule has 1 saturated heterocycles. The fourth-order valence-corrected chi connectivity index (χ4v) is 2.97. The minimum absolute atomic E-state index is 0.00636. The van der Waals surface area contributed by atoms with Crippen LogP contribution in [0.4, 0.5) is 0 Å². The van der Waals surface area contributed by atoms with Gasteiger partial charge in [-0.15, -0.1) is 0 Å². The van der Waals surface area contributed by atoms with Crippen LogP contribution in [0, 0.1) is 11.8 Å². The van der Waals surface area contributed by atoms with Gasteiger partial charge < -0.3 is 10.2 Å². The Kier molecular flexibility index (Phi) is 4.14. The summed E-state index contributed by atoms with van der Waals surface area (Å²) in [4.78, 5) is 27.1. The summed E-state index contributed by atoms with van der Waals surface area (Å²) in [6.45, 7) is 8.09. The molecule has 5 heteroatoms. The highest BCUT2D eigenvalue weighted by Gasteiger charge is 2.57. The summed E-state index contributed by atoms with van der Waals surface area (Å²) in [6, 6.07) is -0.433. The van der Waals surface area contributed by atoms with E-state index in [1.807, 2.05) is 27.7 Å². The summed E-state index contributed by atoms with van der Waals surface area (Å²) >= 11 is 5.74. The first-order chi connectivity index (χ1) is 9.32. The Balaban J connectivity index is 2.35. The second kappa shape index (κ2) is 5.40. The third-order valence-corrected chi connectivity index (χ3v) is 4.84. The number of nitrogens with zero attached hydrogens (tertiary/aromatic N) is 1. The van der Waals surface area contributed by atoms with Gasteiger partial charge in [-0.3, -0.25) is 9.59 Å². The van der Waals surface area contributed by atoms with Gasteiger partial charge in [-0.1, -0.05) is 25.4 Å². The van der Waals surface area contributed by atoms with Crippen molar-refractivity contribution < 1.29 is 9.59 Å². The highest BCUT2D eigenvalue weighted by molar-refractivity contribution is 6.25. The quantitative estimate of drug-likeness (QED) is 0.865. The Hall–Kier alpha value is -1.03. The van der Waals surface area contributed by atoms with Crippen LogP contribution in [0.2, 0.25) is 0 Å². The molecule has 2 atom stereocenters. The fourth-order valence-electron chi connectivity index (χ4n) is 2.90. The molecule has 4 nitrogen and oxygen atoms in total. The molecule has 2 amide bonds. The van der Waals surface area contributed by atoms with E-state index in [0.717, 1.165) is 18.4 Å². The fraction of sp³-hybridized carbons (Fsp3) is 0.733. The highest BCUT2D eigenvalue weighted by Crippen LogP contribution is 2.45. The number of piperazine rings is 1. The third kappa shape index (κ3) is 2.46. The molecule has 0 spiro atoms. The summed E-state index contributed by atoms with van der Waals surface area (Å²) in [5.41, 5.74) is 1.64. The standard InChI is InChI=1S/C15H23ClN2O2/c1-9(2)12-13(19)18(8-10(3)7-16)15(4,11-5-6-11)14(20)17-12/h7,9,11-12H,5-6,8H2,1-4H3,(H,17,20). The van der Waals surface area contributed by atoms with Gasteiger partial charge in [0.2, 0.25) is 11.8 Å². The number of halogens is 1. The number of carbonyl (C=O) groups excluding carboxylic acids is 2. The molecule has 0 aromatic rings. The molecular weight excluding hydrogens is 276 g/mol. The Bertz CT molecular complexity index is 457. The molecule has 1 aliphatic heterocycles. The van der Waals surface area contributed by atoms with Gasteiger partial charge in [-0.25, -0.2) is 0 Å². The normalized spacial score (nSPS) is 31.8. The first kappa shape index (κ1) is 15.4. The van der Waals surface area contributed by atoms with Crippen molar-refractivity contribution in [3.8, 4) is 0 Å². The Labute approximate surface area is 125 Å². The molecule has 0 bridgehead atoms. The summed E-state index contributed by atoms with van der Waals surface area (Å²) in [6.07, 6.45) is 2.01. The van der Waals surface area contributed by atoms with Crippen LogP contribution < -0.4 is 5.32 Å². The molecular formula is C15H23ClN2O2. The average Bonchev–Trinajstić information content (AvgIpc) is 3.22. The zero-order chi connectivity index (χ0) is 15.1. The lowest BCUT2D eigenvalue weighted by Crippen LogP contribution is -2.71. The van der Waals surface area contributed by atoms with Crippen molar-refractivity contribution in [1.29, 1.82) is 0 Å². The van der Waals surface area contributed by atoms with Crippen molar-refractivity contribution in [3.05, 3.63) is 11.1 Å². The van der Waals surface area contributed by atoms with Crippen LogP contribution in [0.5, 0.6) is 0 Å². The summed E-state index contributed by atoms with van der Waals surface area (Å²) in [5, 5.41) is 2.92. The summed E-state index contributed by atoms with van der Waals surface area (Å²) < 4.78 is 0. The lowest BCUT2D eigenvalue weighted by molar-refractivity contribution is -0.158. The topological polar surface area (TPSA) is 49.4 Å². The Morgan fingerprint density at radius 1 is 1.50 bits per heavy atom. The zero-order valence-corrected chi connectivity index (χ0v) is 13.3. The van der Waals surface area contributed by atoms with Gasteiger partial charge in [0.05, 0.1) is 0 Å². The molecule has 2 unspecified atom stereocenters. The molecule has 1 saturated carbocycles. The molecule has 20 heavy (non-hydrogen) atoms. The first-order valence-corrected chi connectivity index (χ1v) is 7.64. The second-order valence-corrected chi connectivity index (χ2v) is 6.72. The molecule has 1 N–H and O–H groups in total. The lowest BCUT2D eigenvalue weighted by Gasteiger charge is -2.47. The van der Waals surface area contributed by atoms with Crippen molar-refractivity contribution in [3.63, 3.8) is 0 Å². The van der Waals surface area contributed by atoms with Crippen LogP contribution in [0.1, 0.15) is 40.5 Å². The van der Waals surface area contributed by atoms with E-state index in [1.54, 1.807) is 4.90 Å². The van der Waals surface area contributed by atoms with Crippen LogP contribution in [0.3, 0.4) is 0 Å². The van der Waals surface area contributed by atoms with Gasteiger partial charge in [0, 0.05) is 12.1 Å². The van der Waals surface area contributed by atoms with Crippen LogP contribution in [-0.4, -0.2) is 34.8 Å². The molecule has 2 rings (SSSR count). The number of hydrogen-bond donors (Lipinski definition) is 1. The van der Waals surface area contributed by atoms with E-state index >= 15 is 0 Å². The highest BCUT2D eigenvalue weighted by atomic mass is 35.5. The van der Waals surface area contributed by atoms with E-state index < -0.39 is 11.6 Å². The predicted octanol–water partition coefficient (Wildman–Crippen LogP) is 2.28. The molecule has 2 aliphatic rings. The number of hydrogen-bond acceptors (Lipinski definition) is 2. The summed E-state index contributed by atoms with van der Waals surface area (Å²) in [5.74, 6) is 0.327. The number of rotatable bonds is 4. The lowest BCUT2D eigenvalue weighted by atomic mass is 9.85. The predicted molar refractivity (Wildman–Crippen MR) is 79.2 cm³/mol. The van der Waals surface area contributed by atoms with E-state index in [9.17, 15) is 9.59 Å². The minimum atomic E-state index is -0.733. The van der Waals surface area contributed by atoms with Gasteiger partial charge in [0.25, 0.3) is 0 Å². The molecule has 112 valence electrons. The van der Waals surface area contributed by atoms with Gasteiger partial charge in [-0.05, 0) is 44.1 Å². The van der Waals surface area contributed by atoms with Crippen LogP contribution >= 0.6 is 11.6 Å². The largest absolute Gasteiger partial charge is 0.342 e. The van der Waals surface area contributed by atoms with E-state index in [2.05, 4.69) is 5.32 Å². The minimum Gasteiger partial charge on any atom is -0.342 e. The number of carbonyl (C=O) groups is 2. The monoisotopic (exact) mass is 298 g/mol. The van der Waals surface area contributed by atoms with Crippen molar-refractivity contribution >= 4 is 23.4 Å². The molecule has 0 radical (unpaired) electrons. The summed E-state index contributed by atoms with van der Waals surface area (Å²) in [7, 11) is 0. The van der Waals surface area contributed by atoms with E-state index in [1.165, 1.54) is 5.54 Å². The smallest absolute Gasteiger partial charge is 0.246 e. The Morgan fingerprint density at radius 3 is 2.55 bits per heavy atom. The maximum Gasteiger partial charge on any atom is 0.246 e. The van der Waals surface area contributed by atoms with Gasteiger partial charge in [0.15, 0.2) is 0 Å². The van der Waals surface area contributed by atoms with Gasteiger partial charge in [-0.2, -0.15) is 0 Å². The van der Waals surface area contributed by atoms with E-state index in [4.69, 9.17) is 11.6 Å². The van der Waals surface area contributed by atoms with Crippen molar-refractivity contribution in [2.45, 2.75) is 52.1 Å². The molecule has 1 heterocycles. The van der Waals surface area contributed by atoms with Gasteiger partial charge >= 0.3 is 0 Å². The maximum atomic E-state index is 12.8. The molecule has 0 aromatic carbocycles. The second-order valence-electron chi connectivity index (χ2n) is 6.50. The van der Waals surface area contributed by atoms with Crippen molar-refractivity contribution in [2.24, 2.45) is 11.8 Å². The molecule has 2 fully saturated rings. The van der Waals surface area contributed by atoms with Crippen LogP contribution in [0.25, 0.3) is 0 Å². The first-order valence-electron chi connectivity index (χ1n) is 7.20. The number of nitrogens with one attached hydrogen (secondary N) is 1. The van der Waals surface area contributed by atoms with Crippen molar-refractivity contribution in [2.75, 3.05) is 6.54 Å². The average molecular weight is 299 g/mol. The van der Waals surface area contributed by atoms with Gasteiger partial charge in [0.1, 0.15) is 11.6 Å². The van der Waals surface area contributed by atoms with Crippen LogP contribution in [-0.2, 0) is 9.59 Å². The van der Waals surface area contributed by atoms with Crippen molar-refractivity contribution in [1.82, 2.24) is 10.2 Å². The molecule has 0 aromatic heterocycles. The maximum absolute atomic E-state index is 12.8. The van der Waals surface area contributed by atoms with Crippen LogP contribution in [0.15, 0.2) is 11.1 Å². The van der Waals surface area contributed by atoms with E-state index in [-0.39, 0.29) is 23.7 Å².